The number of nitrogens with one attached hydrogen (secondary N) is 1. The summed E-state index contributed by atoms with van der Waals surface area (Å²) in [6.45, 7) is 4.93. The van der Waals surface area contributed by atoms with Crippen molar-refractivity contribution < 1.29 is 4.42 Å². The van der Waals surface area contributed by atoms with Crippen molar-refractivity contribution in [2.75, 3.05) is 11.9 Å². The third-order valence-electron chi connectivity index (χ3n) is 3.81. The first-order valence-electron chi connectivity index (χ1n) is 7.81. The van der Waals surface area contributed by atoms with E-state index in [9.17, 15) is 0 Å². The van der Waals surface area contributed by atoms with E-state index < -0.39 is 0 Å². The summed E-state index contributed by atoms with van der Waals surface area (Å²) in [6, 6.07) is 8.88. The summed E-state index contributed by atoms with van der Waals surface area (Å²) in [5, 5.41) is 3.43. The zero-order chi connectivity index (χ0) is 14.5. The Hall–Kier alpha value is -1.81. The van der Waals surface area contributed by atoms with Gasteiger partial charge in [0.25, 0.3) is 0 Å². The van der Waals surface area contributed by atoms with Gasteiger partial charge in [0.1, 0.15) is 11.6 Å². The van der Waals surface area contributed by atoms with Crippen molar-refractivity contribution in [2.45, 2.75) is 45.3 Å². The maximum atomic E-state index is 5.50. The molecule has 0 atom stereocenters. The Morgan fingerprint density at radius 3 is 2.90 bits per heavy atom. The third kappa shape index (κ3) is 3.85. The summed E-state index contributed by atoms with van der Waals surface area (Å²) < 4.78 is 5.50. The van der Waals surface area contributed by atoms with Gasteiger partial charge in [-0.25, -0.2) is 4.98 Å². The maximum Gasteiger partial charge on any atom is 0.130 e. The highest BCUT2D eigenvalue weighted by atomic mass is 16.3. The average molecular weight is 285 g/mol. The van der Waals surface area contributed by atoms with E-state index in [1.165, 1.54) is 18.4 Å². The van der Waals surface area contributed by atoms with Crippen LogP contribution in [0.15, 0.2) is 41.1 Å². The van der Waals surface area contributed by atoms with Crippen LogP contribution in [0.5, 0.6) is 0 Å². The van der Waals surface area contributed by atoms with Gasteiger partial charge < -0.3 is 9.73 Å². The second-order valence-electron chi connectivity index (χ2n) is 5.65. The molecule has 112 valence electrons. The first-order valence-corrected chi connectivity index (χ1v) is 7.81. The molecule has 0 aliphatic heterocycles. The number of anilines is 1. The highest BCUT2D eigenvalue weighted by Crippen LogP contribution is 2.30. The molecule has 4 heteroatoms. The largest absolute Gasteiger partial charge is 0.468 e. The van der Waals surface area contributed by atoms with Gasteiger partial charge in [0.05, 0.1) is 12.8 Å². The van der Waals surface area contributed by atoms with E-state index in [-0.39, 0.29) is 0 Å². The van der Waals surface area contributed by atoms with Gasteiger partial charge in [-0.15, -0.1) is 0 Å². The molecular weight excluding hydrogens is 262 g/mol. The maximum absolute atomic E-state index is 5.50. The highest BCUT2D eigenvalue weighted by Gasteiger charge is 2.30. The van der Waals surface area contributed by atoms with Crippen molar-refractivity contribution in [3.8, 4) is 0 Å². The van der Waals surface area contributed by atoms with Gasteiger partial charge in [0, 0.05) is 30.9 Å². The molecule has 2 aromatic rings. The fraction of sp³-hybridized carbons (Fsp3) is 0.471. The standard InChI is InChI=1S/C17H23N3O/c1-2-9-18-17-14(5-3-10-19-17)12-20(15-7-8-15)13-16-6-4-11-21-16/h3-6,10-11,15H,2,7-9,12-13H2,1H3,(H,18,19). The molecule has 4 nitrogen and oxygen atoms in total. The van der Waals surface area contributed by atoms with E-state index in [0.717, 1.165) is 37.6 Å². The van der Waals surface area contributed by atoms with E-state index in [1.807, 2.05) is 18.3 Å². The summed E-state index contributed by atoms with van der Waals surface area (Å²) in [5.74, 6) is 2.05. The number of aromatic nitrogens is 1. The normalized spacial score (nSPS) is 14.6. The topological polar surface area (TPSA) is 41.3 Å². The van der Waals surface area contributed by atoms with Gasteiger partial charge >= 0.3 is 0 Å². The lowest BCUT2D eigenvalue weighted by Gasteiger charge is -2.22. The number of hydrogen-bond donors (Lipinski definition) is 1. The van der Waals surface area contributed by atoms with Crippen LogP contribution in [0.4, 0.5) is 5.82 Å². The van der Waals surface area contributed by atoms with Crippen LogP contribution in [-0.4, -0.2) is 22.5 Å². The van der Waals surface area contributed by atoms with Crippen LogP contribution in [0.3, 0.4) is 0 Å². The van der Waals surface area contributed by atoms with E-state index in [0.29, 0.717) is 6.04 Å². The summed E-state index contributed by atoms with van der Waals surface area (Å²) in [4.78, 5) is 6.98. The molecule has 0 bridgehead atoms. The Labute approximate surface area is 126 Å². The molecule has 0 radical (unpaired) electrons. The Morgan fingerprint density at radius 1 is 1.29 bits per heavy atom. The number of furan rings is 1. The Kier molecular flexibility index (Phi) is 4.55. The quantitative estimate of drug-likeness (QED) is 0.803. The van der Waals surface area contributed by atoms with Crippen LogP contribution >= 0.6 is 0 Å². The average Bonchev–Trinajstić information content (AvgIpc) is 3.23. The number of rotatable bonds is 8. The number of nitrogens with zero attached hydrogens (tertiary/aromatic N) is 2. The lowest BCUT2D eigenvalue weighted by Crippen LogP contribution is -2.25. The fourth-order valence-corrected chi connectivity index (χ4v) is 2.54. The van der Waals surface area contributed by atoms with Crippen molar-refractivity contribution in [2.24, 2.45) is 0 Å². The van der Waals surface area contributed by atoms with Gasteiger partial charge in [-0.05, 0) is 37.5 Å². The predicted octanol–water partition coefficient (Wildman–Crippen LogP) is 3.66. The Morgan fingerprint density at radius 2 is 2.19 bits per heavy atom. The lowest BCUT2D eigenvalue weighted by atomic mass is 10.2. The molecule has 0 amide bonds. The van der Waals surface area contributed by atoms with Crippen LogP contribution in [-0.2, 0) is 13.1 Å². The first kappa shape index (κ1) is 14.1. The minimum absolute atomic E-state index is 0.689. The van der Waals surface area contributed by atoms with E-state index in [1.54, 1.807) is 6.26 Å². The van der Waals surface area contributed by atoms with E-state index in [2.05, 4.69) is 34.3 Å². The molecular formula is C17H23N3O. The first-order chi connectivity index (χ1) is 10.4. The summed E-state index contributed by atoms with van der Waals surface area (Å²) in [7, 11) is 0. The van der Waals surface area contributed by atoms with Gasteiger partial charge in [-0.1, -0.05) is 13.0 Å². The van der Waals surface area contributed by atoms with Gasteiger partial charge in [0.2, 0.25) is 0 Å². The van der Waals surface area contributed by atoms with Crippen molar-refractivity contribution in [3.63, 3.8) is 0 Å². The van der Waals surface area contributed by atoms with Crippen LogP contribution < -0.4 is 5.32 Å². The molecule has 3 rings (SSSR count). The monoisotopic (exact) mass is 285 g/mol. The fourth-order valence-electron chi connectivity index (χ4n) is 2.54. The van der Waals surface area contributed by atoms with Crippen molar-refractivity contribution in [1.82, 2.24) is 9.88 Å². The zero-order valence-corrected chi connectivity index (χ0v) is 12.6. The number of hydrogen-bond acceptors (Lipinski definition) is 4. The minimum atomic E-state index is 0.689. The minimum Gasteiger partial charge on any atom is -0.468 e. The molecule has 0 saturated heterocycles. The SMILES string of the molecule is CCCNc1ncccc1CN(Cc1ccco1)C1CC1. The Bertz CT molecular complexity index is 549. The lowest BCUT2D eigenvalue weighted by molar-refractivity contribution is 0.225. The second kappa shape index (κ2) is 6.76. The zero-order valence-electron chi connectivity index (χ0n) is 12.6. The highest BCUT2D eigenvalue weighted by molar-refractivity contribution is 5.43. The van der Waals surface area contributed by atoms with Crippen LogP contribution in [0.1, 0.15) is 37.5 Å². The molecule has 2 heterocycles. The Balaban J connectivity index is 1.70. The van der Waals surface area contributed by atoms with Gasteiger partial charge in [0.15, 0.2) is 0 Å². The summed E-state index contributed by atoms with van der Waals surface area (Å²) >= 11 is 0. The molecule has 21 heavy (non-hydrogen) atoms. The molecule has 1 aliphatic rings. The van der Waals surface area contributed by atoms with Crippen molar-refractivity contribution in [3.05, 3.63) is 48.0 Å². The predicted molar refractivity (Wildman–Crippen MR) is 84.0 cm³/mol. The van der Waals surface area contributed by atoms with E-state index >= 15 is 0 Å². The number of pyridine rings is 1. The van der Waals surface area contributed by atoms with Gasteiger partial charge in [-0.3, -0.25) is 4.90 Å². The summed E-state index contributed by atoms with van der Waals surface area (Å²) in [6.07, 6.45) is 7.29. The molecule has 0 aromatic carbocycles. The van der Waals surface area contributed by atoms with Crippen molar-refractivity contribution in [1.29, 1.82) is 0 Å². The van der Waals surface area contributed by atoms with Crippen molar-refractivity contribution >= 4 is 5.82 Å². The molecule has 0 unspecified atom stereocenters. The van der Waals surface area contributed by atoms with E-state index in [4.69, 9.17) is 4.42 Å². The van der Waals surface area contributed by atoms with Crippen LogP contribution in [0, 0.1) is 0 Å². The molecule has 2 aromatic heterocycles. The molecule has 1 fully saturated rings. The molecule has 1 saturated carbocycles. The van der Waals surface area contributed by atoms with Crippen LogP contribution in [0.25, 0.3) is 0 Å². The van der Waals surface area contributed by atoms with Gasteiger partial charge in [-0.2, -0.15) is 0 Å². The molecule has 1 N–H and O–H groups in total. The third-order valence-corrected chi connectivity index (χ3v) is 3.81. The second-order valence-corrected chi connectivity index (χ2v) is 5.65. The van der Waals surface area contributed by atoms with Crippen LogP contribution in [0.2, 0.25) is 0 Å². The smallest absolute Gasteiger partial charge is 0.130 e. The summed E-state index contributed by atoms with van der Waals surface area (Å²) in [5.41, 5.74) is 1.27. The molecule has 1 aliphatic carbocycles. The molecule has 0 spiro atoms.